The molecule has 14 heteroatoms. The highest BCUT2D eigenvalue weighted by Crippen LogP contribution is 2.47. The molecule has 1 fully saturated rings. The molecule has 1 aliphatic rings. The number of ether oxygens (including phenoxy) is 2. The third-order valence-corrected chi connectivity index (χ3v) is 9.34. The van der Waals surface area contributed by atoms with Crippen molar-refractivity contribution in [1.29, 1.82) is 0 Å². The van der Waals surface area contributed by atoms with Crippen LogP contribution >= 0.6 is 7.82 Å². The van der Waals surface area contributed by atoms with Crippen LogP contribution in [0, 0.1) is 0 Å². The first-order valence-corrected chi connectivity index (χ1v) is 19.5. The summed E-state index contributed by atoms with van der Waals surface area (Å²) in [5.74, 6) is -1.12. The van der Waals surface area contributed by atoms with E-state index in [4.69, 9.17) is 18.5 Å². The molecule has 0 aromatic rings. The first-order valence-electron chi connectivity index (χ1n) is 18.0. The van der Waals surface area contributed by atoms with E-state index in [2.05, 4.69) is 26.0 Å². The number of hydrogen-bond donors (Lipinski definition) is 6. The summed E-state index contributed by atoms with van der Waals surface area (Å²) in [6.07, 6.45) is 9.25. The molecule has 48 heavy (non-hydrogen) atoms. The van der Waals surface area contributed by atoms with Crippen molar-refractivity contribution < 1.29 is 63.1 Å². The number of carbonyl (C=O) groups excluding carboxylic acids is 2. The highest BCUT2D eigenvalue weighted by molar-refractivity contribution is 7.47. The Bertz CT molecular complexity index is 917. The fourth-order valence-electron chi connectivity index (χ4n) is 5.34. The molecular weight excluding hydrogens is 647 g/mol. The third kappa shape index (κ3) is 19.7. The molecule has 0 aromatic heterocycles. The van der Waals surface area contributed by atoms with Gasteiger partial charge in [0.1, 0.15) is 43.2 Å². The maximum atomic E-state index is 12.7. The van der Waals surface area contributed by atoms with Crippen LogP contribution in [0.4, 0.5) is 0 Å². The highest BCUT2D eigenvalue weighted by Gasteiger charge is 2.51. The SMILES string of the molecule is CCCCCCC/C=C\CCCCCCCC(=O)OC(COC(=O)CCCCCCC)COP(=O)(O)OC1C(O)C(O)C(O)C(O)C1O. The molecule has 0 amide bonds. The molecule has 6 N–H and O–H groups in total. The lowest BCUT2D eigenvalue weighted by atomic mass is 9.85. The van der Waals surface area contributed by atoms with Crippen molar-refractivity contribution in [3.63, 3.8) is 0 Å². The number of aliphatic hydroxyl groups is 5. The average molecular weight is 711 g/mol. The van der Waals surface area contributed by atoms with Gasteiger partial charge in [0.2, 0.25) is 0 Å². The summed E-state index contributed by atoms with van der Waals surface area (Å²) in [6, 6.07) is 0. The van der Waals surface area contributed by atoms with E-state index in [1.54, 1.807) is 0 Å². The van der Waals surface area contributed by atoms with Crippen molar-refractivity contribution in [3.8, 4) is 0 Å². The summed E-state index contributed by atoms with van der Waals surface area (Å²) in [7, 11) is -5.09. The molecule has 13 nitrogen and oxygen atoms in total. The number of aliphatic hydroxyl groups excluding tert-OH is 5. The molecule has 0 aromatic carbocycles. The van der Waals surface area contributed by atoms with Gasteiger partial charge in [0.05, 0.1) is 6.61 Å². The second kappa shape index (κ2) is 26.4. The molecule has 0 aliphatic heterocycles. The van der Waals surface area contributed by atoms with Crippen LogP contribution in [-0.2, 0) is 32.7 Å². The molecule has 1 aliphatic carbocycles. The summed E-state index contributed by atoms with van der Waals surface area (Å²) in [5, 5.41) is 49.7. The zero-order chi connectivity index (χ0) is 35.8. The Morgan fingerprint density at radius 3 is 1.58 bits per heavy atom. The number of phosphoric ester groups is 1. The molecule has 0 heterocycles. The van der Waals surface area contributed by atoms with Crippen molar-refractivity contribution in [1.82, 2.24) is 0 Å². The van der Waals surface area contributed by atoms with Crippen molar-refractivity contribution >= 4 is 19.8 Å². The minimum Gasteiger partial charge on any atom is -0.462 e. The maximum absolute atomic E-state index is 12.7. The minimum atomic E-state index is -5.09. The van der Waals surface area contributed by atoms with E-state index in [1.165, 1.54) is 32.1 Å². The van der Waals surface area contributed by atoms with Gasteiger partial charge >= 0.3 is 19.8 Å². The number of hydrogen-bond acceptors (Lipinski definition) is 12. The Balaban J connectivity index is 2.53. The van der Waals surface area contributed by atoms with Crippen LogP contribution in [0.15, 0.2) is 12.2 Å². The molecule has 0 spiro atoms. The summed E-state index contributed by atoms with van der Waals surface area (Å²) in [5.41, 5.74) is 0. The Morgan fingerprint density at radius 1 is 0.625 bits per heavy atom. The quantitative estimate of drug-likeness (QED) is 0.0280. The maximum Gasteiger partial charge on any atom is 0.472 e. The Labute approximate surface area is 286 Å². The first-order chi connectivity index (χ1) is 22.9. The normalized spacial score (nSPS) is 24.8. The monoisotopic (exact) mass is 710 g/mol. The first kappa shape index (κ1) is 44.6. The van der Waals surface area contributed by atoms with E-state index in [-0.39, 0.29) is 12.8 Å². The minimum absolute atomic E-state index is 0.0889. The lowest BCUT2D eigenvalue weighted by Gasteiger charge is -2.41. The van der Waals surface area contributed by atoms with Crippen LogP contribution in [0.25, 0.3) is 0 Å². The number of unbranched alkanes of at least 4 members (excludes halogenated alkanes) is 14. The van der Waals surface area contributed by atoms with Crippen LogP contribution in [0.5, 0.6) is 0 Å². The Morgan fingerprint density at radius 2 is 1.06 bits per heavy atom. The van der Waals surface area contributed by atoms with Crippen molar-refractivity contribution in [2.45, 2.75) is 179 Å². The van der Waals surface area contributed by atoms with Gasteiger partial charge in [-0.25, -0.2) is 4.57 Å². The number of phosphoric acid groups is 1. The van der Waals surface area contributed by atoms with E-state index < -0.39 is 75.7 Å². The van der Waals surface area contributed by atoms with Crippen LogP contribution in [-0.4, -0.2) is 98.3 Å². The zero-order valence-corrected chi connectivity index (χ0v) is 29.9. The standard InChI is InChI=1S/C34H63O13P/c1-3-5-7-9-10-11-12-13-14-15-16-17-19-21-23-28(36)46-26(24-44-27(35)22-20-18-8-6-4-2)25-45-48(42,43)47-34-32(40)30(38)29(37)31(39)33(34)41/h12-13,26,29-34,37-41H,3-11,14-25H2,1-2H3,(H,42,43)/b13-12-. The van der Waals surface area contributed by atoms with Gasteiger partial charge in [-0.1, -0.05) is 96.6 Å². The largest absolute Gasteiger partial charge is 0.472 e. The van der Waals surface area contributed by atoms with Gasteiger partial charge < -0.3 is 39.9 Å². The zero-order valence-electron chi connectivity index (χ0n) is 29.0. The fourth-order valence-corrected chi connectivity index (χ4v) is 6.31. The van der Waals surface area contributed by atoms with Crippen LogP contribution in [0.1, 0.15) is 136 Å². The van der Waals surface area contributed by atoms with E-state index >= 15 is 0 Å². The lowest BCUT2D eigenvalue weighted by molar-refractivity contribution is -0.220. The van der Waals surface area contributed by atoms with Crippen LogP contribution in [0.3, 0.4) is 0 Å². The van der Waals surface area contributed by atoms with Gasteiger partial charge in [-0.3, -0.25) is 18.6 Å². The molecule has 6 unspecified atom stereocenters. The molecular formula is C34H63O13P. The molecule has 0 saturated heterocycles. The number of carbonyl (C=O) groups is 2. The van der Waals surface area contributed by atoms with E-state index in [1.807, 2.05) is 0 Å². The van der Waals surface area contributed by atoms with E-state index in [0.29, 0.717) is 12.8 Å². The number of allylic oxidation sites excluding steroid dienone is 2. The second-order valence-electron chi connectivity index (χ2n) is 12.7. The summed E-state index contributed by atoms with van der Waals surface area (Å²) >= 11 is 0. The summed E-state index contributed by atoms with van der Waals surface area (Å²) in [4.78, 5) is 35.1. The van der Waals surface area contributed by atoms with E-state index in [0.717, 1.165) is 64.2 Å². The van der Waals surface area contributed by atoms with Crippen molar-refractivity contribution in [2.24, 2.45) is 0 Å². The molecule has 0 bridgehead atoms. The van der Waals surface area contributed by atoms with Gasteiger partial charge in [0.25, 0.3) is 0 Å². The summed E-state index contributed by atoms with van der Waals surface area (Å²) in [6.45, 7) is 3.12. The van der Waals surface area contributed by atoms with E-state index in [9.17, 15) is 44.6 Å². The molecule has 1 rings (SSSR count). The van der Waals surface area contributed by atoms with Gasteiger partial charge in [0, 0.05) is 12.8 Å². The van der Waals surface area contributed by atoms with Crippen LogP contribution < -0.4 is 0 Å². The number of rotatable bonds is 28. The Hall–Kier alpha value is -1.41. The van der Waals surface area contributed by atoms with Crippen molar-refractivity contribution in [2.75, 3.05) is 13.2 Å². The second-order valence-corrected chi connectivity index (χ2v) is 14.1. The summed E-state index contributed by atoms with van der Waals surface area (Å²) < 4.78 is 33.1. The van der Waals surface area contributed by atoms with Gasteiger partial charge in [-0.2, -0.15) is 0 Å². The smallest absolute Gasteiger partial charge is 0.462 e. The molecule has 6 atom stereocenters. The average Bonchev–Trinajstić information content (AvgIpc) is 3.06. The van der Waals surface area contributed by atoms with Gasteiger partial charge in [0.15, 0.2) is 6.10 Å². The Kier molecular flexibility index (Phi) is 24.5. The number of esters is 2. The predicted molar refractivity (Wildman–Crippen MR) is 180 cm³/mol. The molecule has 1 saturated carbocycles. The van der Waals surface area contributed by atoms with Gasteiger partial charge in [-0.05, 0) is 38.5 Å². The van der Waals surface area contributed by atoms with Gasteiger partial charge in [-0.15, -0.1) is 0 Å². The molecule has 282 valence electrons. The highest BCUT2D eigenvalue weighted by atomic mass is 31.2. The van der Waals surface area contributed by atoms with Crippen molar-refractivity contribution in [3.05, 3.63) is 12.2 Å². The molecule has 0 radical (unpaired) electrons. The third-order valence-electron chi connectivity index (χ3n) is 8.36. The van der Waals surface area contributed by atoms with Crippen LogP contribution in [0.2, 0.25) is 0 Å². The fraction of sp³-hybridized carbons (Fsp3) is 0.882. The predicted octanol–water partition coefficient (Wildman–Crippen LogP) is 4.77. The lowest BCUT2D eigenvalue weighted by Crippen LogP contribution is -2.64. The topological polar surface area (TPSA) is 210 Å².